The molecule has 1 unspecified atom stereocenters. The molecule has 1 atom stereocenters. The van der Waals surface area contributed by atoms with Crippen molar-refractivity contribution in [2.75, 3.05) is 0 Å². The van der Waals surface area contributed by atoms with Crippen molar-refractivity contribution in [3.63, 3.8) is 0 Å². The van der Waals surface area contributed by atoms with Crippen molar-refractivity contribution in [3.05, 3.63) is 35.4 Å². The molecule has 0 bridgehead atoms. The average Bonchev–Trinajstić information content (AvgIpc) is 3.12. The zero-order valence-electron chi connectivity index (χ0n) is 12.4. The summed E-state index contributed by atoms with van der Waals surface area (Å²) in [4.78, 5) is 10.0. The molecule has 1 heterocycles. The number of nitrogens with one attached hydrogen (secondary N) is 1. The summed E-state index contributed by atoms with van der Waals surface area (Å²) in [6, 6.07) is 8.61. The molecule has 1 aromatic rings. The highest BCUT2D eigenvalue weighted by Crippen LogP contribution is 2.53. The summed E-state index contributed by atoms with van der Waals surface area (Å²) in [7, 11) is 0. The van der Waals surface area contributed by atoms with Gasteiger partial charge in [-0.2, -0.15) is 0 Å². The van der Waals surface area contributed by atoms with Crippen LogP contribution in [0.4, 0.5) is 0 Å². The first-order valence-electron chi connectivity index (χ1n) is 7.31. The van der Waals surface area contributed by atoms with E-state index in [1.165, 1.54) is 24.0 Å². The quantitative estimate of drug-likeness (QED) is 0.898. The Bertz CT molecular complexity index is 464. The maximum absolute atomic E-state index is 5.40. The molecule has 0 spiro atoms. The Labute approximate surface area is 116 Å². The first kappa shape index (κ1) is 14.1. The van der Waals surface area contributed by atoms with Crippen molar-refractivity contribution in [1.29, 1.82) is 0 Å². The van der Waals surface area contributed by atoms with Crippen molar-refractivity contribution in [2.24, 2.45) is 4.99 Å². The molecule has 104 valence electrons. The lowest BCUT2D eigenvalue weighted by molar-refractivity contribution is 0.158. The van der Waals surface area contributed by atoms with E-state index in [1.807, 2.05) is 13.8 Å². The molecule has 1 fully saturated rings. The van der Waals surface area contributed by atoms with Gasteiger partial charge in [-0.25, -0.2) is 4.99 Å². The third-order valence-electron chi connectivity index (χ3n) is 3.86. The molecule has 19 heavy (non-hydrogen) atoms. The largest absolute Gasteiger partial charge is 0.391 e. The van der Waals surface area contributed by atoms with Crippen molar-refractivity contribution in [2.45, 2.75) is 58.5 Å². The second-order valence-corrected chi connectivity index (χ2v) is 4.97. The second-order valence-electron chi connectivity index (χ2n) is 4.97. The Morgan fingerprint density at radius 1 is 1.32 bits per heavy atom. The van der Waals surface area contributed by atoms with Crippen molar-refractivity contribution in [1.82, 2.24) is 5.48 Å². The van der Waals surface area contributed by atoms with Gasteiger partial charge in [0.05, 0.1) is 0 Å². The molecule has 3 nitrogen and oxygen atoms in total. The average molecular weight is 260 g/mol. The van der Waals surface area contributed by atoms with E-state index in [-0.39, 0.29) is 11.6 Å². The lowest BCUT2D eigenvalue weighted by Gasteiger charge is -2.21. The minimum Gasteiger partial charge on any atom is -0.391 e. The van der Waals surface area contributed by atoms with Crippen LogP contribution in [0.3, 0.4) is 0 Å². The number of aliphatic imine (C=N–C) groups is 1. The maximum atomic E-state index is 5.40. The fraction of sp³-hybridized carbons (Fsp3) is 0.562. The molecule has 1 saturated carbocycles. The molecule has 1 aliphatic carbocycles. The predicted octanol–water partition coefficient (Wildman–Crippen LogP) is 3.72. The van der Waals surface area contributed by atoms with Gasteiger partial charge >= 0.3 is 0 Å². The van der Waals surface area contributed by atoms with Gasteiger partial charge in [0, 0.05) is 11.8 Å². The second kappa shape index (κ2) is 5.74. The van der Waals surface area contributed by atoms with Crippen molar-refractivity contribution >= 4 is 5.90 Å². The smallest absolute Gasteiger partial charge is 0.210 e. The molecular weight excluding hydrogens is 236 g/mol. The van der Waals surface area contributed by atoms with Crippen LogP contribution in [0.15, 0.2) is 29.3 Å². The Kier molecular flexibility index (Phi) is 4.25. The summed E-state index contributed by atoms with van der Waals surface area (Å²) >= 11 is 0. The molecule has 0 radical (unpaired) electrons. The van der Waals surface area contributed by atoms with E-state index >= 15 is 0 Å². The lowest BCUT2D eigenvalue weighted by Crippen LogP contribution is -2.34. The first-order chi connectivity index (χ1) is 9.26. The molecule has 0 amide bonds. The van der Waals surface area contributed by atoms with Crippen LogP contribution in [0.1, 0.15) is 51.2 Å². The third-order valence-corrected chi connectivity index (χ3v) is 3.86. The molecule has 0 saturated heterocycles. The van der Waals surface area contributed by atoms with Gasteiger partial charge in [0.25, 0.3) is 0 Å². The molecule has 2 aliphatic rings. The number of hydrogen-bond acceptors (Lipinski definition) is 3. The van der Waals surface area contributed by atoms with Crippen molar-refractivity contribution in [3.8, 4) is 0 Å². The SMILES string of the molecule is CC.CCC1=NC(C2(c3ccccc3C)CC2)NO1. The van der Waals surface area contributed by atoms with Gasteiger partial charge in [-0.3, -0.25) is 0 Å². The monoisotopic (exact) mass is 260 g/mol. The lowest BCUT2D eigenvalue weighted by atomic mass is 9.89. The number of benzene rings is 1. The van der Waals surface area contributed by atoms with E-state index in [1.54, 1.807) is 0 Å². The summed E-state index contributed by atoms with van der Waals surface area (Å²) in [5, 5.41) is 0. The molecule has 3 rings (SSSR count). The summed E-state index contributed by atoms with van der Waals surface area (Å²) in [5.74, 6) is 0.829. The van der Waals surface area contributed by atoms with Gasteiger partial charge in [0.1, 0.15) is 6.17 Å². The Morgan fingerprint density at radius 3 is 2.53 bits per heavy atom. The number of hydroxylamine groups is 1. The summed E-state index contributed by atoms with van der Waals surface area (Å²) in [6.45, 7) is 8.24. The number of rotatable bonds is 3. The van der Waals surface area contributed by atoms with Crippen LogP contribution in [0.2, 0.25) is 0 Å². The summed E-state index contributed by atoms with van der Waals surface area (Å²) < 4.78 is 0. The normalized spacial score (nSPS) is 22.9. The van der Waals surface area contributed by atoms with Crippen LogP contribution in [-0.2, 0) is 10.3 Å². The fourth-order valence-electron chi connectivity index (χ4n) is 2.68. The van der Waals surface area contributed by atoms with E-state index < -0.39 is 0 Å². The zero-order chi connectivity index (χ0) is 13.9. The highest BCUT2D eigenvalue weighted by molar-refractivity contribution is 5.77. The summed E-state index contributed by atoms with van der Waals surface area (Å²) in [5.41, 5.74) is 6.02. The van der Waals surface area contributed by atoms with Crippen LogP contribution in [0, 0.1) is 6.92 Å². The minimum absolute atomic E-state index is 0.0959. The third kappa shape index (κ3) is 2.52. The molecule has 1 aliphatic heterocycles. The minimum atomic E-state index is 0.0959. The van der Waals surface area contributed by atoms with E-state index in [9.17, 15) is 0 Å². The highest BCUT2D eigenvalue weighted by atomic mass is 16.7. The number of aryl methyl sites for hydroxylation is 1. The van der Waals surface area contributed by atoms with Gasteiger partial charge in [0.2, 0.25) is 5.90 Å². The maximum Gasteiger partial charge on any atom is 0.210 e. The van der Waals surface area contributed by atoms with E-state index in [0.29, 0.717) is 0 Å². The molecule has 1 aromatic carbocycles. The van der Waals surface area contributed by atoms with Crippen LogP contribution in [0.25, 0.3) is 0 Å². The molecular formula is C16H24N2O. The van der Waals surface area contributed by atoms with Crippen molar-refractivity contribution < 1.29 is 4.84 Å². The topological polar surface area (TPSA) is 33.6 Å². The molecule has 0 aromatic heterocycles. The van der Waals surface area contributed by atoms with Crippen LogP contribution < -0.4 is 5.48 Å². The van der Waals surface area contributed by atoms with Gasteiger partial charge in [-0.15, -0.1) is 5.48 Å². The Hall–Kier alpha value is -1.35. The number of hydrogen-bond donors (Lipinski definition) is 1. The van der Waals surface area contributed by atoms with Gasteiger partial charge in [0.15, 0.2) is 0 Å². The fourth-order valence-corrected chi connectivity index (χ4v) is 2.68. The summed E-state index contributed by atoms with van der Waals surface area (Å²) in [6.07, 6.45) is 3.34. The standard InChI is InChI=1S/C14H18N2O.C2H6/c1-3-12-15-13(16-17-12)14(8-9-14)11-7-5-4-6-10(11)2;1-2/h4-7,13,16H,3,8-9H2,1-2H3;1-2H3. The molecule has 3 heteroatoms. The van der Waals surface area contributed by atoms with Crippen LogP contribution in [-0.4, -0.2) is 12.1 Å². The zero-order valence-corrected chi connectivity index (χ0v) is 12.4. The van der Waals surface area contributed by atoms with Crippen LogP contribution in [0.5, 0.6) is 0 Å². The first-order valence-corrected chi connectivity index (χ1v) is 7.31. The van der Waals surface area contributed by atoms with E-state index in [4.69, 9.17) is 4.84 Å². The van der Waals surface area contributed by atoms with Crippen LogP contribution >= 0.6 is 0 Å². The molecule has 1 N–H and O–H groups in total. The Balaban J connectivity index is 0.000000637. The highest BCUT2D eigenvalue weighted by Gasteiger charge is 2.53. The van der Waals surface area contributed by atoms with Gasteiger partial charge in [-0.05, 0) is 30.9 Å². The predicted molar refractivity (Wildman–Crippen MR) is 79.2 cm³/mol. The Morgan fingerprint density at radius 2 is 2.00 bits per heavy atom. The van der Waals surface area contributed by atoms with Gasteiger partial charge < -0.3 is 4.84 Å². The van der Waals surface area contributed by atoms with Gasteiger partial charge in [-0.1, -0.05) is 45.0 Å². The number of nitrogens with zero attached hydrogens (tertiary/aromatic N) is 1. The van der Waals surface area contributed by atoms with E-state index in [0.717, 1.165) is 12.3 Å². The van der Waals surface area contributed by atoms with E-state index in [2.05, 4.69) is 48.6 Å².